The van der Waals surface area contributed by atoms with Gasteiger partial charge in [-0.05, 0) is 32.9 Å². The average molecular weight is 288 g/mol. The first-order valence-electron chi connectivity index (χ1n) is 7.58. The molecule has 1 N–H and O–H groups in total. The SMILES string of the molecule is Cc1oc(CN(C)Cc2cnn(C)c2)cc1CNC1CC1. The molecule has 2 heterocycles. The van der Waals surface area contributed by atoms with Crippen LogP contribution in [-0.2, 0) is 26.7 Å². The van der Waals surface area contributed by atoms with Gasteiger partial charge in [0.2, 0.25) is 0 Å². The molecule has 1 fully saturated rings. The van der Waals surface area contributed by atoms with Gasteiger partial charge in [-0.2, -0.15) is 5.10 Å². The van der Waals surface area contributed by atoms with E-state index in [1.54, 1.807) is 0 Å². The minimum absolute atomic E-state index is 0.732. The van der Waals surface area contributed by atoms with Gasteiger partial charge in [0.05, 0.1) is 12.7 Å². The zero-order valence-corrected chi connectivity index (χ0v) is 13.1. The molecule has 1 aliphatic carbocycles. The van der Waals surface area contributed by atoms with Gasteiger partial charge in [-0.15, -0.1) is 0 Å². The first-order valence-corrected chi connectivity index (χ1v) is 7.58. The number of furan rings is 1. The number of nitrogens with one attached hydrogen (secondary N) is 1. The van der Waals surface area contributed by atoms with E-state index in [0.29, 0.717) is 0 Å². The van der Waals surface area contributed by atoms with E-state index in [9.17, 15) is 0 Å². The van der Waals surface area contributed by atoms with Crippen LogP contribution in [0.5, 0.6) is 0 Å². The van der Waals surface area contributed by atoms with Gasteiger partial charge in [-0.25, -0.2) is 0 Å². The van der Waals surface area contributed by atoms with Crippen molar-refractivity contribution in [1.29, 1.82) is 0 Å². The molecule has 2 aromatic rings. The molecule has 5 heteroatoms. The van der Waals surface area contributed by atoms with Crippen molar-refractivity contribution >= 4 is 0 Å². The molecule has 0 amide bonds. The van der Waals surface area contributed by atoms with Crippen molar-refractivity contribution in [3.05, 3.63) is 41.1 Å². The molecule has 21 heavy (non-hydrogen) atoms. The Morgan fingerprint density at radius 2 is 2.24 bits per heavy atom. The van der Waals surface area contributed by atoms with E-state index in [2.05, 4.69) is 41.5 Å². The molecule has 0 radical (unpaired) electrons. The summed E-state index contributed by atoms with van der Waals surface area (Å²) in [6.07, 6.45) is 6.60. The Hall–Kier alpha value is -1.59. The standard InChI is InChI=1S/C16H24N4O/c1-12-14(8-17-15-4-5-15)6-16(21-12)11-19(2)9-13-7-18-20(3)10-13/h6-7,10,15,17H,4-5,8-9,11H2,1-3H3. The van der Waals surface area contributed by atoms with Crippen LogP contribution in [0.4, 0.5) is 0 Å². The van der Waals surface area contributed by atoms with Crippen molar-refractivity contribution in [3.8, 4) is 0 Å². The molecule has 3 rings (SSSR count). The molecule has 0 bridgehead atoms. The maximum atomic E-state index is 5.88. The predicted octanol–water partition coefficient (Wildman–Crippen LogP) is 2.21. The monoisotopic (exact) mass is 288 g/mol. The third-order valence-corrected chi connectivity index (χ3v) is 3.87. The van der Waals surface area contributed by atoms with E-state index >= 15 is 0 Å². The van der Waals surface area contributed by atoms with Crippen molar-refractivity contribution in [1.82, 2.24) is 20.0 Å². The lowest BCUT2D eigenvalue weighted by molar-refractivity contribution is 0.285. The van der Waals surface area contributed by atoms with Crippen LogP contribution in [-0.4, -0.2) is 27.8 Å². The highest BCUT2D eigenvalue weighted by Crippen LogP contribution is 2.21. The molecule has 2 aromatic heterocycles. The number of hydrogen-bond acceptors (Lipinski definition) is 4. The molecule has 0 spiro atoms. The van der Waals surface area contributed by atoms with Gasteiger partial charge in [0.25, 0.3) is 0 Å². The van der Waals surface area contributed by atoms with Crippen molar-refractivity contribution in [2.24, 2.45) is 7.05 Å². The maximum Gasteiger partial charge on any atom is 0.118 e. The molecule has 0 saturated heterocycles. The molecule has 1 saturated carbocycles. The zero-order valence-electron chi connectivity index (χ0n) is 13.1. The minimum Gasteiger partial charge on any atom is -0.465 e. The molecule has 5 nitrogen and oxygen atoms in total. The van der Waals surface area contributed by atoms with Crippen molar-refractivity contribution in [2.75, 3.05) is 7.05 Å². The summed E-state index contributed by atoms with van der Waals surface area (Å²) in [7, 11) is 4.05. The first-order chi connectivity index (χ1) is 10.1. The third-order valence-electron chi connectivity index (χ3n) is 3.87. The number of rotatable bonds is 7. The summed E-state index contributed by atoms with van der Waals surface area (Å²) >= 11 is 0. The largest absolute Gasteiger partial charge is 0.465 e. The molecular formula is C16H24N4O. The van der Waals surface area contributed by atoms with E-state index in [1.807, 2.05) is 17.9 Å². The first kappa shape index (κ1) is 14.4. The van der Waals surface area contributed by atoms with Gasteiger partial charge < -0.3 is 9.73 Å². The second-order valence-corrected chi connectivity index (χ2v) is 6.14. The Bertz CT molecular complexity index is 597. The minimum atomic E-state index is 0.732. The van der Waals surface area contributed by atoms with Gasteiger partial charge in [-0.3, -0.25) is 9.58 Å². The number of hydrogen-bond donors (Lipinski definition) is 1. The summed E-state index contributed by atoms with van der Waals surface area (Å²) in [5.41, 5.74) is 2.51. The van der Waals surface area contributed by atoms with Crippen LogP contribution >= 0.6 is 0 Å². The molecular weight excluding hydrogens is 264 g/mol. The normalized spacial score (nSPS) is 15.0. The molecule has 0 unspecified atom stereocenters. The number of aryl methyl sites for hydroxylation is 2. The van der Waals surface area contributed by atoms with Crippen LogP contribution in [0.1, 0.15) is 35.5 Å². The van der Waals surface area contributed by atoms with Gasteiger partial charge >= 0.3 is 0 Å². The zero-order chi connectivity index (χ0) is 14.8. The Morgan fingerprint density at radius 3 is 2.90 bits per heavy atom. The van der Waals surface area contributed by atoms with Crippen LogP contribution in [0, 0.1) is 6.92 Å². The van der Waals surface area contributed by atoms with Crippen molar-refractivity contribution in [3.63, 3.8) is 0 Å². The summed E-state index contributed by atoms with van der Waals surface area (Å²) in [4.78, 5) is 2.24. The molecule has 1 aliphatic rings. The Labute approximate surface area is 125 Å². The van der Waals surface area contributed by atoms with Crippen LogP contribution in [0.3, 0.4) is 0 Å². The third kappa shape index (κ3) is 3.95. The van der Waals surface area contributed by atoms with Gasteiger partial charge in [-0.1, -0.05) is 0 Å². The quantitative estimate of drug-likeness (QED) is 0.848. The molecule has 0 aliphatic heterocycles. The van der Waals surface area contributed by atoms with Crippen molar-refractivity contribution in [2.45, 2.75) is 45.4 Å². The van der Waals surface area contributed by atoms with Gasteiger partial charge in [0.15, 0.2) is 0 Å². The Morgan fingerprint density at radius 1 is 1.43 bits per heavy atom. The van der Waals surface area contributed by atoms with E-state index in [4.69, 9.17) is 4.42 Å². The van der Waals surface area contributed by atoms with Crippen LogP contribution in [0.15, 0.2) is 22.9 Å². The smallest absolute Gasteiger partial charge is 0.118 e. The highest BCUT2D eigenvalue weighted by atomic mass is 16.3. The van der Waals surface area contributed by atoms with Crippen LogP contribution in [0.2, 0.25) is 0 Å². The average Bonchev–Trinajstić information content (AvgIpc) is 3.07. The lowest BCUT2D eigenvalue weighted by atomic mass is 10.2. The maximum absolute atomic E-state index is 5.88. The fraction of sp³-hybridized carbons (Fsp3) is 0.562. The second-order valence-electron chi connectivity index (χ2n) is 6.14. The Kier molecular flexibility index (Phi) is 4.12. The lowest BCUT2D eigenvalue weighted by Gasteiger charge is -2.13. The van der Waals surface area contributed by atoms with E-state index in [0.717, 1.165) is 37.2 Å². The topological polar surface area (TPSA) is 46.2 Å². The summed E-state index contributed by atoms with van der Waals surface area (Å²) in [6.45, 7) is 4.67. The lowest BCUT2D eigenvalue weighted by Crippen LogP contribution is -2.16. The second kappa shape index (κ2) is 6.03. The predicted molar refractivity (Wildman–Crippen MR) is 81.7 cm³/mol. The van der Waals surface area contributed by atoms with E-state index in [-0.39, 0.29) is 0 Å². The highest BCUT2D eigenvalue weighted by molar-refractivity contribution is 5.21. The van der Waals surface area contributed by atoms with Gasteiger partial charge in [0, 0.05) is 43.5 Å². The summed E-state index contributed by atoms with van der Waals surface area (Å²) in [6, 6.07) is 2.92. The summed E-state index contributed by atoms with van der Waals surface area (Å²) in [5.74, 6) is 2.07. The van der Waals surface area contributed by atoms with Gasteiger partial charge in [0.1, 0.15) is 11.5 Å². The van der Waals surface area contributed by atoms with E-state index < -0.39 is 0 Å². The Balaban J connectivity index is 1.54. The summed E-state index contributed by atoms with van der Waals surface area (Å²) < 4.78 is 7.71. The number of nitrogens with zero attached hydrogens (tertiary/aromatic N) is 3. The van der Waals surface area contributed by atoms with E-state index in [1.165, 1.54) is 24.0 Å². The summed E-state index contributed by atoms with van der Waals surface area (Å²) in [5, 5.41) is 7.74. The molecule has 0 aromatic carbocycles. The van der Waals surface area contributed by atoms with Crippen molar-refractivity contribution < 1.29 is 4.42 Å². The fourth-order valence-electron chi connectivity index (χ4n) is 2.57. The highest BCUT2D eigenvalue weighted by Gasteiger charge is 2.21. The number of aromatic nitrogens is 2. The van der Waals surface area contributed by atoms with Crippen LogP contribution in [0.25, 0.3) is 0 Å². The fourth-order valence-corrected chi connectivity index (χ4v) is 2.57. The molecule has 114 valence electrons. The van der Waals surface area contributed by atoms with Crippen LogP contribution < -0.4 is 5.32 Å². The molecule has 0 atom stereocenters.